The van der Waals surface area contributed by atoms with Crippen molar-refractivity contribution in [3.05, 3.63) is 16.9 Å². The summed E-state index contributed by atoms with van der Waals surface area (Å²) in [7, 11) is 2.14. The van der Waals surface area contributed by atoms with Crippen molar-refractivity contribution in [3.63, 3.8) is 0 Å². The molecule has 0 saturated carbocycles. The summed E-state index contributed by atoms with van der Waals surface area (Å²) < 4.78 is 4.19. The van der Waals surface area contributed by atoms with E-state index in [-0.39, 0.29) is 12.4 Å². The van der Waals surface area contributed by atoms with Crippen LogP contribution in [-0.2, 0) is 0 Å². The fourth-order valence-corrected chi connectivity index (χ4v) is 2.17. The van der Waals surface area contributed by atoms with Gasteiger partial charge < -0.3 is 4.90 Å². The molecule has 0 aliphatic carbocycles. The van der Waals surface area contributed by atoms with E-state index in [1.807, 2.05) is 6.92 Å². The van der Waals surface area contributed by atoms with Gasteiger partial charge >= 0.3 is 0 Å². The average Bonchev–Trinajstić information content (AvgIpc) is 2.52. The number of likely N-dealkylation sites (N-methyl/N-ethyl adjacent to an activating group) is 1. The third-order valence-corrected chi connectivity index (χ3v) is 3.03. The van der Waals surface area contributed by atoms with Crippen molar-refractivity contribution in [1.29, 1.82) is 0 Å². The zero-order valence-electron chi connectivity index (χ0n) is 8.36. The summed E-state index contributed by atoms with van der Waals surface area (Å²) in [5.74, 6) is 0.883. The molecular weight excluding hydrogens is 218 g/mol. The van der Waals surface area contributed by atoms with Gasteiger partial charge in [0, 0.05) is 13.1 Å². The largest absolute Gasteiger partial charge is 0.302 e. The summed E-state index contributed by atoms with van der Waals surface area (Å²) in [4.78, 5) is 6.69. The Bertz CT molecular complexity index is 335. The van der Waals surface area contributed by atoms with E-state index in [4.69, 9.17) is 0 Å². The molecule has 0 saturated heterocycles. The van der Waals surface area contributed by atoms with E-state index < -0.39 is 0 Å². The maximum Gasteiger partial charge on any atom is 0.140 e. The molecule has 0 fully saturated rings. The smallest absolute Gasteiger partial charge is 0.140 e. The SMILES string of the molecule is Cc1nsc(C2=CCCN(C)C2)n1.Cl. The molecule has 0 aromatic carbocycles. The van der Waals surface area contributed by atoms with Crippen molar-refractivity contribution in [1.82, 2.24) is 14.3 Å². The lowest BCUT2D eigenvalue weighted by Crippen LogP contribution is -2.24. The zero-order valence-corrected chi connectivity index (χ0v) is 9.99. The summed E-state index contributed by atoms with van der Waals surface area (Å²) in [6, 6.07) is 0. The molecule has 1 aliphatic rings. The first-order chi connectivity index (χ1) is 6.25. The molecule has 0 atom stereocenters. The Morgan fingerprint density at radius 1 is 1.50 bits per heavy atom. The first-order valence-electron chi connectivity index (χ1n) is 4.44. The van der Waals surface area contributed by atoms with Gasteiger partial charge in [-0.15, -0.1) is 12.4 Å². The second-order valence-electron chi connectivity index (χ2n) is 3.40. The number of hydrogen-bond acceptors (Lipinski definition) is 4. The molecule has 1 aromatic heterocycles. The number of hydrogen-bond donors (Lipinski definition) is 0. The Labute approximate surface area is 94.4 Å². The molecule has 2 heterocycles. The van der Waals surface area contributed by atoms with Gasteiger partial charge in [0.05, 0.1) is 0 Å². The highest BCUT2D eigenvalue weighted by Crippen LogP contribution is 2.21. The van der Waals surface area contributed by atoms with Gasteiger partial charge in [-0.25, -0.2) is 4.98 Å². The van der Waals surface area contributed by atoms with Gasteiger partial charge in [0.2, 0.25) is 0 Å². The molecule has 14 heavy (non-hydrogen) atoms. The van der Waals surface area contributed by atoms with Crippen LogP contribution in [0, 0.1) is 6.92 Å². The molecule has 0 unspecified atom stereocenters. The van der Waals surface area contributed by atoms with Crippen LogP contribution in [0.15, 0.2) is 6.08 Å². The van der Waals surface area contributed by atoms with Gasteiger partial charge in [-0.1, -0.05) is 6.08 Å². The number of rotatable bonds is 1. The van der Waals surface area contributed by atoms with E-state index in [2.05, 4.69) is 27.4 Å². The first-order valence-corrected chi connectivity index (χ1v) is 5.21. The molecule has 0 radical (unpaired) electrons. The molecular formula is C9H14ClN3S. The van der Waals surface area contributed by atoms with E-state index in [0.29, 0.717) is 0 Å². The summed E-state index contributed by atoms with van der Waals surface area (Å²) in [5, 5.41) is 1.09. The molecule has 78 valence electrons. The number of halogens is 1. The second-order valence-corrected chi connectivity index (χ2v) is 4.15. The quantitative estimate of drug-likeness (QED) is 0.740. The van der Waals surface area contributed by atoms with Gasteiger partial charge in [0.25, 0.3) is 0 Å². The average molecular weight is 232 g/mol. The van der Waals surface area contributed by atoms with Gasteiger partial charge in [0.1, 0.15) is 10.8 Å². The molecule has 0 bridgehead atoms. The molecule has 1 aromatic rings. The van der Waals surface area contributed by atoms with Crippen LogP contribution >= 0.6 is 23.9 Å². The van der Waals surface area contributed by atoms with Crippen molar-refractivity contribution < 1.29 is 0 Å². The maximum absolute atomic E-state index is 4.38. The minimum Gasteiger partial charge on any atom is -0.302 e. The number of aromatic nitrogens is 2. The predicted molar refractivity (Wildman–Crippen MR) is 62.0 cm³/mol. The highest BCUT2D eigenvalue weighted by atomic mass is 35.5. The number of aryl methyl sites for hydroxylation is 1. The van der Waals surface area contributed by atoms with Crippen LogP contribution in [0.4, 0.5) is 0 Å². The van der Waals surface area contributed by atoms with Crippen molar-refractivity contribution in [2.75, 3.05) is 20.1 Å². The van der Waals surface area contributed by atoms with Crippen LogP contribution in [-0.4, -0.2) is 34.4 Å². The Morgan fingerprint density at radius 2 is 2.29 bits per heavy atom. The maximum atomic E-state index is 4.38. The molecule has 5 heteroatoms. The van der Waals surface area contributed by atoms with E-state index in [1.54, 1.807) is 0 Å². The Kier molecular flexibility index (Phi) is 4.04. The van der Waals surface area contributed by atoms with Crippen LogP contribution < -0.4 is 0 Å². The lowest BCUT2D eigenvalue weighted by Gasteiger charge is -2.21. The van der Waals surface area contributed by atoms with Crippen molar-refractivity contribution in [2.24, 2.45) is 0 Å². The van der Waals surface area contributed by atoms with Gasteiger partial charge in [0.15, 0.2) is 0 Å². The monoisotopic (exact) mass is 231 g/mol. The third-order valence-electron chi connectivity index (χ3n) is 2.14. The number of nitrogens with zero attached hydrogens (tertiary/aromatic N) is 3. The minimum absolute atomic E-state index is 0. The second kappa shape index (κ2) is 4.87. The van der Waals surface area contributed by atoms with Crippen LogP contribution in [0.1, 0.15) is 17.3 Å². The van der Waals surface area contributed by atoms with Gasteiger partial charge in [-0.2, -0.15) is 4.37 Å². The highest BCUT2D eigenvalue weighted by Gasteiger charge is 2.13. The van der Waals surface area contributed by atoms with E-state index in [9.17, 15) is 0 Å². The summed E-state index contributed by atoms with van der Waals surface area (Å²) in [6.07, 6.45) is 3.41. The van der Waals surface area contributed by atoms with Crippen LogP contribution in [0.2, 0.25) is 0 Å². The zero-order chi connectivity index (χ0) is 9.26. The van der Waals surface area contributed by atoms with Crippen LogP contribution in [0.3, 0.4) is 0 Å². The van der Waals surface area contributed by atoms with Gasteiger partial charge in [-0.05, 0) is 37.5 Å². The molecule has 0 N–H and O–H groups in total. The van der Waals surface area contributed by atoms with E-state index in [1.165, 1.54) is 17.1 Å². The van der Waals surface area contributed by atoms with E-state index >= 15 is 0 Å². The van der Waals surface area contributed by atoms with Crippen LogP contribution in [0.5, 0.6) is 0 Å². The Balaban J connectivity index is 0.000000980. The van der Waals surface area contributed by atoms with Crippen molar-refractivity contribution in [2.45, 2.75) is 13.3 Å². The highest BCUT2D eigenvalue weighted by molar-refractivity contribution is 7.06. The van der Waals surface area contributed by atoms with Gasteiger partial charge in [-0.3, -0.25) is 0 Å². The lowest BCUT2D eigenvalue weighted by molar-refractivity contribution is 0.373. The van der Waals surface area contributed by atoms with E-state index in [0.717, 1.165) is 30.3 Å². The van der Waals surface area contributed by atoms with Crippen molar-refractivity contribution >= 4 is 29.5 Å². The summed E-state index contributed by atoms with van der Waals surface area (Å²) >= 11 is 1.50. The first kappa shape index (κ1) is 11.6. The Morgan fingerprint density at radius 3 is 2.86 bits per heavy atom. The van der Waals surface area contributed by atoms with Crippen LogP contribution in [0.25, 0.3) is 5.57 Å². The molecule has 1 aliphatic heterocycles. The lowest BCUT2D eigenvalue weighted by atomic mass is 10.1. The standard InChI is InChI=1S/C9H13N3S.ClH/c1-7-10-9(13-11-7)8-4-3-5-12(2)6-8;/h4H,3,5-6H2,1-2H3;1H. The van der Waals surface area contributed by atoms with Crippen molar-refractivity contribution in [3.8, 4) is 0 Å². The minimum atomic E-state index is 0. The molecule has 2 rings (SSSR count). The molecule has 0 spiro atoms. The molecule has 3 nitrogen and oxygen atoms in total. The fraction of sp³-hybridized carbons (Fsp3) is 0.556. The topological polar surface area (TPSA) is 29.0 Å². The Hall–Kier alpha value is -0.450. The normalized spacial score (nSPS) is 17.4. The third kappa shape index (κ3) is 2.53. The predicted octanol–water partition coefficient (Wildman–Crippen LogP) is 1.99. The summed E-state index contributed by atoms with van der Waals surface area (Å²) in [5.41, 5.74) is 1.33. The fourth-order valence-electron chi connectivity index (χ4n) is 1.48. The summed E-state index contributed by atoms with van der Waals surface area (Å²) in [6.45, 7) is 4.10. The molecule has 0 amide bonds.